The summed E-state index contributed by atoms with van der Waals surface area (Å²) in [5.74, 6) is -0.360. The van der Waals surface area contributed by atoms with Gasteiger partial charge in [-0.15, -0.1) is 0 Å². The monoisotopic (exact) mass is 268 g/mol. The van der Waals surface area contributed by atoms with Gasteiger partial charge in [0.1, 0.15) is 0 Å². The zero-order chi connectivity index (χ0) is 13.6. The molecule has 1 aliphatic heterocycles. The largest absolute Gasteiger partial charge is 0.506 e. The third-order valence-electron chi connectivity index (χ3n) is 3.57. The average molecular weight is 268 g/mol. The van der Waals surface area contributed by atoms with Gasteiger partial charge in [-0.2, -0.15) is 11.3 Å². The zero-order valence-electron chi connectivity index (χ0n) is 11.3. The molecule has 1 aliphatic rings. The lowest BCUT2D eigenvalue weighted by Crippen LogP contribution is -2.41. The molecule has 0 amide bonds. The van der Waals surface area contributed by atoms with Crippen LogP contribution in [0.4, 0.5) is 0 Å². The van der Waals surface area contributed by atoms with Crippen LogP contribution in [0.25, 0.3) is 0 Å². The summed E-state index contributed by atoms with van der Waals surface area (Å²) in [7, 11) is 0.859. The van der Waals surface area contributed by atoms with Crippen molar-refractivity contribution in [2.45, 2.75) is 38.9 Å². The highest BCUT2D eigenvalue weighted by Gasteiger charge is 2.53. The molecule has 6 heteroatoms. The third-order valence-corrected chi connectivity index (χ3v) is 4.51. The minimum absolute atomic E-state index is 0.360. The number of methoxy groups -OCH3 is 1. The highest BCUT2D eigenvalue weighted by molar-refractivity contribution is 7.21. The van der Waals surface area contributed by atoms with E-state index in [0.29, 0.717) is 5.56 Å². The van der Waals surface area contributed by atoms with Crippen LogP contribution >= 0.6 is 11.3 Å². The lowest BCUT2D eigenvalue weighted by molar-refractivity contribution is 0.00578. The summed E-state index contributed by atoms with van der Waals surface area (Å²) in [6.07, 6.45) is 0. The van der Waals surface area contributed by atoms with Crippen LogP contribution in [0.2, 0.25) is 0 Å². The molecule has 0 spiro atoms. The number of rotatable bonds is 2. The van der Waals surface area contributed by atoms with Crippen molar-refractivity contribution >= 4 is 29.2 Å². The molecule has 0 saturated carbocycles. The van der Waals surface area contributed by atoms with Gasteiger partial charge >= 0.3 is 13.1 Å². The summed E-state index contributed by atoms with van der Waals surface area (Å²) >= 11 is 1.44. The van der Waals surface area contributed by atoms with Crippen molar-refractivity contribution in [1.82, 2.24) is 0 Å². The predicted molar refractivity (Wildman–Crippen MR) is 71.4 cm³/mol. The first kappa shape index (κ1) is 13.6. The fourth-order valence-corrected chi connectivity index (χ4v) is 2.57. The number of hydrogen-bond donors (Lipinski definition) is 0. The van der Waals surface area contributed by atoms with Crippen LogP contribution in [-0.2, 0) is 14.0 Å². The Labute approximate surface area is 111 Å². The summed E-state index contributed by atoms with van der Waals surface area (Å²) in [5, 5.41) is 1.84. The highest BCUT2D eigenvalue weighted by Crippen LogP contribution is 2.37. The molecule has 0 bridgehead atoms. The van der Waals surface area contributed by atoms with E-state index in [1.54, 1.807) is 6.07 Å². The van der Waals surface area contributed by atoms with Crippen molar-refractivity contribution < 1.29 is 18.8 Å². The highest BCUT2D eigenvalue weighted by atomic mass is 32.1. The van der Waals surface area contributed by atoms with Crippen molar-refractivity contribution in [3.05, 3.63) is 17.0 Å². The Morgan fingerprint density at radius 3 is 2.33 bits per heavy atom. The maximum absolute atomic E-state index is 11.6. The molecule has 0 aliphatic carbocycles. The van der Waals surface area contributed by atoms with Crippen LogP contribution in [0, 0.1) is 0 Å². The van der Waals surface area contributed by atoms with Crippen molar-refractivity contribution in [3.63, 3.8) is 0 Å². The maximum Gasteiger partial charge on any atom is 0.506 e. The topological polar surface area (TPSA) is 44.8 Å². The smallest absolute Gasteiger partial charge is 0.465 e. The van der Waals surface area contributed by atoms with E-state index in [1.807, 2.05) is 33.1 Å². The lowest BCUT2D eigenvalue weighted by Gasteiger charge is -2.32. The number of esters is 1. The summed E-state index contributed by atoms with van der Waals surface area (Å²) in [6.45, 7) is 7.94. The molecule has 1 saturated heterocycles. The Balaban J connectivity index is 2.30. The number of carbonyl (C=O) groups is 1. The predicted octanol–water partition coefficient (Wildman–Crippen LogP) is 1.83. The van der Waals surface area contributed by atoms with Gasteiger partial charge in [0.15, 0.2) is 0 Å². The Morgan fingerprint density at radius 1 is 1.28 bits per heavy atom. The molecule has 0 aromatic carbocycles. The molecule has 18 heavy (non-hydrogen) atoms. The minimum Gasteiger partial charge on any atom is -0.465 e. The van der Waals surface area contributed by atoms with E-state index in [1.165, 1.54) is 18.4 Å². The molecule has 1 fully saturated rings. The van der Waals surface area contributed by atoms with Gasteiger partial charge in [0.05, 0.1) is 23.9 Å². The van der Waals surface area contributed by atoms with E-state index in [4.69, 9.17) is 14.0 Å². The van der Waals surface area contributed by atoms with Crippen LogP contribution in [0.1, 0.15) is 38.1 Å². The average Bonchev–Trinajstić information content (AvgIpc) is 2.81. The number of ether oxygens (including phenoxy) is 1. The molecule has 0 radical (unpaired) electrons. The summed E-state index contributed by atoms with van der Waals surface area (Å²) in [5.41, 5.74) is -0.301. The normalized spacial score (nSPS) is 21.1. The summed E-state index contributed by atoms with van der Waals surface area (Å²) < 4.78 is 17.4. The van der Waals surface area contributed by atoms with Gasteiger partial charge in [-0.3, -0.25) is 0 Å². The first-order valence-corrected chi connectivity index (χ1v) is 6.68. The lowest BCUT2D eigenvalue weighted by atomic mass is 9.85. The molecule has 98 valence electrons. The second-order valence-electron chi connectivity index (χ2n) is 5.28. The SMILES string of the molecule is COC(=O)c1ccsc1B1OC(C)(C)C(C)(C)O1. The van der Waals surface area contributed by atoms with Crippen LogP contribution in [0.3, 0.4) is 0 Å². The van der Waals surface area contributed by atoms with Gasteiger partial charge in [-0.1, -0.05) is 0 Å². The number of hydrogen-bond acceptors (Lipinski definition) is 5. The van der Waals surface area contributed by atoms with Crippen LogP contribution < -0.4 is 4.78 Å². The van der Waals surface area contributed by atoms with E-state index in [9.17, 15) is 4.79 Å². The van der Waals surface area contributed by atoms with E-state index >= 15 is 0 Å². The van der Waals surface area contributed by atoms with Gasteiger partial charge in [-0.25, -0.2) is 4.79 Å². The van der Waals surface area contributed by atoms with Gasteiger partial charge in [0.2, 0.25) is 0 Å². The van der Waals surface area contributed by atoms with E-state index in [0.717, 1.165) is 4.78 Å². The molecule has 2 heterocycles. The van der Waals surface area contributed by atoms with E-state index in [-0.39, 0.29) is 5.97 Å². The van der Waals surface area contributed by atoms with Crippen LogP contribution in [-0.4, -0.2) is 31.4 Å². The Bertz CT molecular complexity index is 450. The quantitative estimate of drug-likeness (QED) is 0.606. The fourth-order valence-electron chi connectivity index (χ4n) is 1.73. The van der Waals surface area contributed by atoms with E-state index in [2.05, 4.69) is 0 Å². The Kier molecular flexibility index (Phi) is 3.29. The molecular formula is C12H17BO4S. The molecule has 1 aromatic heterocycles. The van der Waals surface area contributed by atoms with Gasteiger partial charge in [0, 0.05) is 4.78 Å². The molecule has 4 nitrogen and oxygen atoms in total. The second kappa shape index (κ2) is 4.37. The first-order chi connectivity index (χ1) is 8.28. The molecule has 2 rings (SSSR count). The van der Waals surface area contributed by atoms with Gasteiger partial charge in [-0.05, 0) is 39.1 Å². The summed E-state index contributed by atoms with van der Waals surface area (Å²) in [6, 6.07) is 1.73. The van der Waals surface area contributed by atoms with Crippen LogP contribution in [0.15, 0.2) is 11.4 Å². The fraction of sp³-hybridized carbons (Fsp3) is 0.583. The van der Waals surface area contributed by atoms with Crippen LogP contribution in [0.5, 0.6) is 0 Å². The van der Waals surface area contributed by atoms with E-state index < -0.39 is 18.3 Å². The minimum atomic E-state index is -0.510. The van der Waals surface area contributed by atoms with Crippen molar-refractivity contribution in [2.24, 2.45) is 0 Å². The molecule has 0 unspecified atom stereocenters. The number of thiophene rings is 1. The van der Waals surface area contributed by atoms with Crippen molar-refractivity contribution in [2.75, 3.05) is 7.11 Å². The van der Waals surface area contributed by atoms with Crippen molar-refractivity contribution in [1.29, 1.82) is 0 Å². The first-order valence-electron chi connectivity index (χ1n) is 5.80. The standard InChI is InChI=1S/C12H17BO4S/c1-11(2)12(3,4)17-13(16-11)9-8(6-7-18-9)10(14)15-5/h6-7H,1-5H3. The molecular weight excluding hydrogens is 251 g/mol. The molecule has 0 atom stereocenters. The second-order valence-corrected chi connectivity index (χ2v) is 6.23. The van der Waals surface area contributed by atoms with Gasteiger partial charge < -0.3 is 14.0 Å². The Hall–Kier alpha value is -0.845. The molecule has 1 aromatic rings. The molecule has 0 N–H and O–H groups in total. The van der Waals surface area contributed by atoms with Crippen molar-refractivity contribution in [3.8, 4) is 0 Å². The zero-order valence-corrected chi connectivity index (χ0v) is 12.1. The summed E-state index contributed by atoms with van der Waals surface area (Å²) in [4.78, 5) is 11.6. The number of carbonyl (C=O) groups excluding carboxylic acids is 1. The van der Waals surface area contributed by atoms with Gasteiger partial charge in [0.25, 0.3) is 0 Å². The maximum atomic E-state index is 11.6. The third kappa shape index (κ3) is 2.09. The Morgan fingerprint density at radius 2 is 1.83 bits per heavy atom.